The number of carbonyl (C=O) groups is 1. The van der Waals surface area contributed by atoms with Crippen molar-refractivity contribution in [3.05, 3.63) is 59.0 Å². The van der Waals surface area contributed by atoms with E-state index < -0.39 is 15.1 Å². The third-order valence-corrected chi connectivity index (χ3v) is 5.61. The van der Waals surface area contributed by atoms with Crippen molar-refractivity contribution in [3.8, 4) is 0 Å². The molecule has 2 heterocycles. The molecule has 1 aliphatic heterocycles. The van der Waals surface area contributed by atoms with E-state index in [2.05, 4.69) is 0 Å². The minimum Gasteiger partial charge on any atom is -0.461 e. The van der Waals surface area contributed by atoms with Crippen LogP contribution in [0.25, 0.3) is 0 Å². The third-order valence-electron chi connectivity index (χ3n) is 3.64. The normalized spacial score (nSPS) is 19.8. The van der Waals surface area contributed by atoms with Crippen LogP contribution in [0.3, 0.4) is 0 Å². The van der Waals surface area contributed by atoms with Gasteiger partial charge in [-0.2, -0.15) is 0 Å². The van der Waals surface area contributed by atoms with Crippen LogP contribution in [0.5, 0.6) is 0 Å². The van der Waals surface area contributed by atoms with E-state index in [0.717, 1.165) is 5.56 Å². The highest BCUT2D eigenvalue weighted by Crippen LogP contribution is 2.41. The second kappa shape index (κ2) is 4.59. The largest absolute Gasteiger partial charge is 0.461 e. The second-order valence-electron chi connectivity index (χ2n) is 5.04. The first kappa shape index (κ1) is 13.1. The minimum absolute atomic E-state index is 0.106. The van der Waals surface area contributed by atoms with E-state index in [1.807, 2.05) is 30.3 Å². The van der Waals surface area contributed by atoms with Crippen LogP contribution in [0.4, 0.5) is 0 Å². The molecule has 1 unspecified atom stereocenters. The standard InChI is InChI=1S/C15H14O4S/c1-10(16)15-13-9-20(17,18)14(12(13)8-19-15)7-11-5-3-2-4-6-11/h2-6,8,14H,7,9H2,1H3. The molecule has 2 aromatic rings. The number of sulfone groups is 1. The summed E-state index contributed by atoms with van der Waals surface area (Å²) >= 11 is 0. The first-order valence-electron chi connectivity index (χ1n) is 6.36. The minimum atomic E-state index is -3.27. The summed E-state index contributed by atoms with van der Waals surface area (Å²) < 4.78 is 29.9. The molecule has 1 aromatic carbocycles. The molecule has 0 spiro atoms. The van der Waals surface area contributed by atoms with Gasteiger partial charge in [0.15, 0.2) is 21.4 Å². The average Bonchev–Trinajstić information content (AvgIpc) is 2.89. The highest BCUT2D eigenvalue weighted by Gasteiger charge is 2.40. The quantitative estimate of drug-likeness (QED) is 0.815. The molecule has 0 saturated heterocycles. The Morgan fingerprint density at radius 3 is 2.65 bits per heavy atom. The molecule has 0 N–H and O–H groups in total. The van der Waals surface area contributed by atoms with Crippen molar-refractivity contribution in [1.82, 2.24) is 0 Å². The summed E-state index contributed by atoms with van der Waals surface area (Å²) in [4.78, 5) is 11.5. The van der Waals surface area contributed by atoms with Gasteiger partial charge in [-0.3, -0.25) is 4.79 Å². The van der Waals surface area contributed by atoms with Gasteiger partial charge in [0.05, 0.1) is 17.3 Å². The highest BCUT2D eigenvalue weighted by molar-refractivity contribution is 7.91. The van der Waals surface area contributed by atoms with Crippen molar-refractivity contribution < 1.29 is 17.6 Å². The van der Waals surface area contributed by atoms with E-state index in [-0.39, 0.29) is 17.3 Å². The Labute approximate surface area is 117 Å². The zero-order valence-electron chi connectivity index (χ0n) is 11.0. The predicted octanol–water partition coefficient (Wildman–Crippen LogP) is 2.69. The molecule has 0 aliphatic carbocycles. The maximum Gasteiger partial charge on any atom is 0.195 e. The molecule has 20 heavy (non-hydrogen) atoms. The lowest BCUT2D eigenvalue weighted by Crippen LogP contribution is -2.10. The van der Waals surface area contributed by atoms with Gasteiger partial charge in [-0.15, -0.1) is 0 Å². The number of Topliss-reactive ketones (excluding diaryl/α,β-unsaturated/α-hetero) is 1. The molecule has 1 atom stereocenters. The second-order valence-corrected chi connectivity index (χ2v) is 7.22. The van der Waals surface area contributed by atoms with Gasteiger partial charge in [-0.1, -0.05) is 30.3 Å². The lowest BCUT2D eigenvalue weighted by atomic mass is 10.0. The average molecular weight is 290 g/mol. The fraction of sp³-hybridized carbons (Fsp3) is 0.267. The number of hydrogen-bond acceptors (Lipinski definition) is 4. The number of ketones is 1. The van der Waals surface area contributed by atoms with Crippen LogP contribution in [0.1, 0.15) is 39.4 Å². The van der Waals surface area contributed by atoms with Crippen LogP contribution in [0.2, 0.25) is 0 Å². The molecule has 0 bridgehead atoms. The van der Waals surface area contributed by atoms with Gasteiger partial charge in [0.2, 0.25) is 0 Å². The van der Waals surface area contributed by atoms with Crippen molar-refractivity contribution in [2.24, 2.45) is 0 Å². The van der Waals surface area contributed by atoms with Crippen molar-refractivity contribution in [2.75, 3.05) is 0 Å². The van der Waals surface area contributed by atoms with E-state index in [4.69, 9.17) is 4.42 Å². The molecular formula is C15H14O4S. The van der Waals surface area contributed by atoms with E-state index in [0.29, 0.717) is 17.5 Å². The summed E-state index contributed by atoms with van der Waals surface area (Å²) in [5, 5.41) is -0.614. The molecule has 5 heteroatoms. The Balaban J connectivity index is 2.02. The first-order chi connectivity index (χ1) is 9.49. The van der Waals surface area contributed by atoms with Gasteiger partial charge in [0.1, 0.15) is 0 Å². The monoisotopic (exact) mass is 290 g/mol. The number of rotatable bonds is 3. The molecule has 4 nitrogen and oxygen atoms in total. The van der Waals surface area contributed by atoms with Crippen molar-refractivity contribution in [2.45, 2.75) is 24.3 Å². The van der Waals surface area contributed by atoms with Crippen LogP contribution in [0.15, 0.2) is 41.0 Å². The number of hydrogen-bond donors (Lipinski definition) is 0. The maximum absolute atomic E-state index is 12.3. The van der Waals surface area contributed by atoms with Crippen LogP contribution in [0, 0.1) is 0 Å². The Morgan fingerprint density at radius 1 is 1.30 bits per heavy atom. The van der Waals surface area contributed by atoms with Gasteiger partial charge in [0, 0.05) is 18.1 Å². The SMILES string of the molecule is CC(=O)c1occ2c1CS(=O)(=O)C2Cc1ccccc1. The van der Waals surface area contributed by atoms with Gasteiger partial charge in [0.25, 0.3) is 0 Å². The highest BCUT2D eigenvalue weighted by atomic mass is 32.2. The molecule has 3 rings (SSSR count). The molecule has 104 valence electrons. The van der Waals surface area contributed by atoms with Gasteiger partial charge in [-0.05, 0) is 12.0 Å². The lowest BCUT2D eigenvalue weighted by Gasteiger charge is -2.09. The number of furan rings is 1. The number of fused-ring (bicyclic) bond motifs is 1. The molecule has 0 fully saturated rings. The Hall–Kier alpha value is -1.88. The summed E-state index contributed by atoms with van der Waals surface area (Å²) in [6.07, 6.45) is 1.83. The van der Waals surface area contributed by atoms with E-state index in [1.165, 1.54) is 13.2 Å². The molecule has 0 amide bonds. The smallest absolute Gasteiger partial charge is 0.195 e. The lowest BCUT2D eigenvalue weighted by molar-refractivity contribution is 0.0986. The zero-order valence-corrected chi connectivity index (χ0v) is 11.8. The third kappa shape index (κ3) is 2.08. The maximum atomic E-state index is 12.3. The fourth-order valence-electron chi connectivity index (χ4n) is 2.67. The van der Waals surface area contributed by atoms with Crippen molar-refractivity contribution >= 4 is 15.6 Å². The van der Waals surface area contributed by atoms with Crippen molar-refractivity contribution in [3.63, 3.8) is 0 Å². The Kier molecular flexibility index (Phi) is 3.01. The topological polar surface area (TPSA) is 64.3 Å². The molecule has 1 aromatic heterocycles. The Bertz CT molecular complexity index is 756. The summed E-state index contributed by atoms with van der Waals surface area (Å²) in [7, 11) is -3.27. The Morgan fingerprint density at radius 2 is 2.00 bits per heavy atom. The van der Waals surface area contributed by atoms with Gasteiger partial charge in [-0.25, -0.2) is 8.42 Å². The summed E-state index contributed by atoms with van der Waals surface area (Å²) in [6, 6.07) is 9.46. The fourth-order valence-corrected chi connectivity index (χ4v) is 4.60. The van der Waals surface area contributed by atoms with E-state index in [1.54, 1.807) is 0 Å². The summed E-state index contributed by atoms with van der Waals surface area (Å²) in [5.41, 5.74) is 2.14. The molecule has 0 saturated carbocycles. The van der Waals surface area contributed by atoms with Crippen LogP contribution >= 0.6 is 0 Å². The predicted molar refractivity (Wildman–Crippen MR) is 74.2 cm³/mol. The van der Waals surface area contributed by atoms with Crippen LogP contribution in [-0.4, -0.2) is 14.2 Å². The van der Waals surface area contributed by atoms with E-state index >= 15 is 0 Å². The van der Waals surface area contributed by atoms with Crippen LogP contribution in [-0.2, 0) is 22.0 Å². The first-order valence-corrected chi connectivity index (χ1v) is 8.07. The van der Waals surface area contributed by atoms with Gasteiger partial charge >= 0.3 is 0 Å². The van der Waals surface area contributed by atoms with Gasteiger partial charge < -0.3 is 4.42 Å². The zero-order chi connectivity index (χ0) is 14.3. The van der Waals surface area contributed by atoms with Crippen molar-refractivity contribution in [1.29, 1.82) is 0 Å². The molecule has 1 aliphatic rings. The number of carbonyl (C=O) groups excluding carboxylic acids is 1. The molecule has 0 radical (unpaired) electrons. The van der Waals surface area contributed by atoms with E-state index in [9.17, 15) is 13.2 Å². The molecular weight excluding hydrogens is 276 g/mol. The van der Waals surface area contributed by atoms with Crippen LogP contribution < -0.4 is 0 Å². The summed E-state index contributed by atoms with van der Waals surface area (Å²) in [6.45, 7) is 1.39. The number of benzene rings is 1. The summed E-state index contributed by atoms with van der Waals surface area (Å²) in [5.74, 6) is -0.161.